The number of esters is 1. The molecule has 0 bridgehead atoms. The topological polar surface area (TPSA) is 140 Å². The first-order valence-corrected chi connectivity index (χ1v) is 12.2. The summed E-state index contributed by atoms with van der Waals surface area (Å²) in [4.78, 5) is 23.0. The van der Waals surface area contributed by atoms with Gasteiger partial charge in [-0.3, -0.25) is 10.1 Å². The van der Waals surface area contributed by atoms with Gasteiger partial charge in [0.2, 0.25) is 15.7 Å². The highest BCUT2D eigenvalue weighted by Gasteiger charge is 2.32. The van der Waals surface area contributed by atoms with Crippen molar-refractivity contribution in [3.05, 3.63) is 94.2 Å². The number of nitro groups is 1. The Morgan fingerprint density at radius 1 is 0.946 bits per heavy atom. The molecule has 4 aromatic rings. The van der Waals surface area contributed by atoms with E-state index < -0.39 is 20.7 Å². The van der Waals surface area contributed by atoms with Crippen LogP contribution < -0.4 is 14.2 Å². The van der Waals surface area contributed by atoms with Crippen molar-refractivity contribution in [3.63, 3.8) is 0 Å². The van der Waals surface area contributed by atoms with E-state index in [9.17, 15) is 23.3 Å². The van der Waals surface area contributed by atoms with Crippen LogP contribution in [0.2, 0.25) is 0 Å². The van der Waals surface area contributed by atoms with Crippen LogP contribution in [0.15, 0.2) is 82.6 Å². The molecule has 1 aromatic heterocycles. The van der Waals surface area contributed by atoms with E-state index in [4.69, 9.17) is 14.2 Å². The molecule has 0 aliphatic carbocycles. The third kappa shape index (κ3) is 4.86. The van der Waals surface area contributed by atoms with Crippen molar-refractivity contribution in [2.24, 2.45) is 0 Å². The summed E-state index contributed by atoms with van der Waals surface area (Å²) in [6, 6.07) is 17.3. The molecule has 0 N–H and O–H groups in total. The predicted octanol–water partition coefficient (Wildman–Crippen LogP) is 4.16. The number of nitro benzene ring substituents is 1. The first kappa shape index (κ1) is 25.4. The van der Waals surface area contributed by atoms with E-state index in [-0.39, 0.29) is 38.4 Å². The molecule has 11 nitrogen and oxygen atoms in total. The Morgan fingerprint density at radius 3 is 2.19 bits per heavy atom. The molecule has 0 aliphatic heterocycles. The summed E-state index contributed by atoms with van der Waals surface area (Å²) < 4.78 is 44.6. The lowest BCUT2D eigenvalue weighted by Gasteiger charge is -2.12. The van der Waals surface area contributed by atoms with Crippen LogP contribution in [0, 0.1) is 17.0 Å². The molecule has 0 radical (unpaired) electrons. The van der Waals surface area contributed by atoms with Gasteiger partial charge in [-0.25, -0.2) is 13.2 Å². The number of benzene rings is 3. The highest BCUT2D eigenvalue weighted by Crippen LogP contribution is 2.36. The number of nitrogens with zero attached hydrogens (tertiary/aromatic N) is 3. The summed E-state index contributed by atoms with van der Waals surface area (Å²) in [7, 11) is -1.45. The molecule has 0 saturated carbocycles. The monoisotopic (exact) mass is 523 g/mol. The van der Waals surface area contributed by atoms with Gasteiger partial charge in [0.25, 0.3) is 5.69 Å². The number of hydrogen-bond donors (Lipinski definition) is 0. The van der Waals surface area contributed by atoms with Gasteiger partial charge in [-0.05, 0) is 49.4 Å². The summed E-state index contributed by atoms with van der Waals surface area (Å²) in [5.41, 5.74) is 0.328. The molecule has 0 spiro atoms. The second kappa shape index (κ2) is 10.1. The quantitative estimate of drug-likeness (QED) is 0.189. The number of methoxy groups -OCH3 is 2. The third-order valence-electron chi connectivity index (χ3n) is 5.40. The number of hydrogen-bond acceptors (Lipinski definition) is 9. The summed E-state index contributed by atoms with van der Waals surface area (Å²) in [6.07, 6.45) is 0. The van der Waals surface area contributed by atoms with Gasteiger partial charge in [0, 0.05) is 12.1 Å². The molecule has 0 unspecified atom stereocenters. The number of aryl methyl sites for hydroxylation is 1. The first-order valence-electron chi connectivity index (χ1n) is 10.8. The van der Waals surface area contributed by atoms with Gasteiger partial charge in [-0.1, -0.05) is 18.2 Å². The second-order valence-electron chi connectivity index (χ2n) is 7.68. The normalized spacial score (nSPS) is 11.1. The zero-order valence-electron chi connectivity index (χ0n) is 19.9. The van der Waals surface area contributed by atoms with Crippen molar-refractivity contribution >= 4 is 21.5 Å². The lowest BCUT2D eigenvalue weighted by atomic mass is 10.2. The zero-order valence-corrected chi connectivity index (χ0v) is 20.8. The molecule has 0 atom stereocenters. The Hall–Kier alpha value is -4.71. The standard InChI is InChI=1S/C25H21N3O8S/c1-16-23(37(32,33)20-12-10-19(11-13-20)28(30)31)24(27(26-16)18-7-5-4-6-8-18)36-25(29)17-9-14-21(34-2)22(15-17)35-3/h4-15H,1-3H3. The fraction of sp³-hybridized carbons (Fsp3) is 0.120. The van der Waals surface area contributed by atoms with Crippen LogP contribution in [-0.4, -0.2) is 43.3 Å². The van der Waals surface area contributed by atoms with Crippen molar-refractivity contribution in [2.45, 2.75) is 16.7 Å². The molecule has 0 saturated heterocycles. The van der Waals surface area contributed by atoms with E-state index in [1.807, 2.05) is 0 Å². The number of rotatable bonds is 8. The van der Waals surface area contributed by atoms with Gasteiger partial charge in [0.15, 0.2) is 16.4 Å². The van der Waals surface area contributed by atoms with Crippen LogP contribution in [0.25, 0.3) is 5.69 Å². The zero-order chi connectivity index (χ0) is 26.7. The number of sulfone groups is 1. The smallest absolute Gasteiger partial charge is 0.345 e. The summed E-state index contributed by atoms with van der Waals surface area (Å²) in [5.74, 6) is -0.519. The number of carbonyl (C=O) groups excluding carboxylic acids is 1. The second-order valence-corrected chi connectivity index (χ2v) is 9.57. The number of ether oxygens (including phenoxy) is 3. The van der Waals surface area contributed by atoms with Gasteiger partial charge in [-0.15, -0.1) is 0 Å². The van der Waals surface area contributed by atoms with Crippen LogP contribution in [0.1, 0.15) is 16.1 Å². The van der Waals surface area contributed by atoms with Crippen molar-refractivity contribution in [3.8, 4) is 23.1 Å². The highest BCUT2D eigenvalue weighted by molar-refractivity contribution is 7.91. The van der Waals surface area contributed by atoms with E-state index in [0.29, 0.717) is 11.4 Å². The number of carbonyl (C=O) groups is 1. The van der Waals surface area contributed by atoms with Crippen LogP contribution in [-0.2, 0) is 9.84 Å². The van der Waals surface area contributed by atoms with Crippen LogP contribution >= 0.6 is 0 Å². The summed E-state index contributed by atoms with van der Waals surface area (Å²) >= 11 is 0. The van der Waals surface area contributed by atoms with Gasteiger partial charge in [-0.2, -0.15) is 9.78 Å². The molecule has 0 aliphatic rings. The molecule has 3 aromatic carbocycles. The van der Waals surface area contributed by atoms with E-state index in [1.165, 1.54) is 44.0 Å². The van der Waals surface area contributed by atoms with Crippen molar-refractivity contribution in [1.29, 1.82) is 0 Å². The fourth-order valence-electron chi connectivity index (χ4n) is 3.61. The van der Waals surface area contributed by atoms with Crippen LogP contribution in [0.5, 0.6) is 17.4 Å². The Bertz CT molecular complexity index is 1580. The molecular formula is C25H21N3O8S. The Labute approximate surface area is 211 Å². The molecule has 0 amide bonds. The summed E-state index contributed by atoms with van der Waals surface area (Å²) in [6.45, 7) is 1.46. The van der Waals surface area contributed by atoms with Gasteiger partial charge in [0.05, 0.1) is 41.0 Å². The minimum absolute atomic E-state index is 0.0670. The first-order chi connectivity index (χ1) is 17.7. The number of non-ortho nitro benzene ring substituents is 1. The average molecular weight is 524 g/mol. The number of para-hydroxylation sites is 1. The molecule has 37 heavy (non-hydrogen) atoms. The van der Waals surface area contributed by atoms with Gasteiger partial charge in [0.1, 0.15) is 0 Å². The molecule has 4 rings (SSSR count). The molecule has 190 valence electrons. The van der Waals surface area contributed by atoms with Gasteiger partial charge < -0.3 is 14.2 Å². The highest BCUT2D eigenvalue weighted by atomic mass is 32.2. The SMILES string of the molecule is COc1ccc(C(=O)Oc2c(S(=O)(=O)c3ccc([N+](=O)[O-])cc3)c(C)nn2-c2ccccc2)cc1OC. The lowest BCUT2D eigenvalue weighted by molar-refractivity contribution is -0.384. The summed E-state index contributed by atoms with van der Waals surface area (Å²) in [5, 5.41) is 15.3. The van der Waals surface area contributed by atoms with E-state index in [1.54, 1.807) is 30.3 Å². The molecule has 1 heterocycles. The van der Waals surface area contributed by atoms with Crippen molar-refractivity contribution < 1.29 is 32.3 Å². The molecular weight excluding hydrogens is 502 g/mol. The van der Waals surface area contributed by atoms with E-state index >= 15 is 0 Å². The third-order valence-corrected chi connectivity index (χ3v) is 7.30. The van der Waals surface area contributed by atoms with E-state index in [0.717, 1.165) is 24.3 Å². The Balaban J connectivity index is 1.85. The van der Waals surface area contributed by atoms with Crippen molar-refractivity contribution in [2.75, 3.05) is 14.2 Å². The molecule has 0 fully saturated rings. The maximum Gasteiger partial charge on any atom is 0.345 e. The van der Waals surface area contributed by atoms with Crippen molar-refractivity contribution in [1.82, 2.24) is 9.78 Å². The Morgan fingerprint density at radius 2 is 1.59 bits per heavy atom. The predicted molar refractivity (Wildman–Crippen MR) is 131 cm³/mol. The van der Waals surface area contributed by atoms with E-state index in [2.05, 4.69) is 5.10 Å². The van der Waals surface area contributed by atoms with Crippen LogP contribution in [0.4, 0.5) is 5.69 Å². The minimum Gasteiger partial charge on any atom is -0.493 e. The largest absolute Gasteiger partial charge is 0.493 e. The minimum atomic E-state index is -4.31. The fourth-order valence-corrected chi connectivity index (χ4v) is 5.13. The maximum absolute atomic E-state index is 13.7. The lowest BCUT2D eigenvalue weighted by Crippen LogP contribution is -2.14. The molecule has 12 heteroatoms. The Kier molecular flexibility index (Phi) is 6.94. The maximum atomic E-state index is 13.7. The number of aromatic nitrogens is 2. The average Bonchev–Trinajstić information content (AvgIpc) is 3.24. The van der Waals surface area contributed by atoms with Crippen LogP contribution in [0.3, 0.4) is 0 Å². The van der Waals surface area contributed by atoms with Gasteiger partial charge >= 0.3 is 5.97 Å².